The van der Waals surface area contributed by atoms with Crippen LogP contribution in [0.2, 0.25) is 0 Å². The first-order valence-electron chi connectivity index (χ1n) is 7.38. The number of carboxylic acids is 1. The first-order chi connectivity index (χ1) is 10.8. The summed E-state index contributed by atoms with van der Waals surface area (Å²) in [5, 5.41) is 18.6. The molecule has 23 heavy (non-hydrogen) atoms. The highest BCUT2D eigenvalue weighted by Crippen LogP contribution is 2.28. The minimum atomic E-state index is -0.942. The summed E-state index contributed by atoms with van der Waals surface area (Å²) in [6, 6.07) is 7.77. The monoisotopic (exact) mass is 317 g/mol. The van der Waals surface area contributed by atoms with Crippen LogP contribution in [-0.2, 0) is 13.0 Å². The lowest BCUT2D eigenvalue weighted by Crippen LogP contribution is -2.19. The number of carboxylic acid groups (broad SMARTS) is 1. The van der Waals surface area contributed by atoms with Crippen LogP contribution in [-0.4, -0.2) is 23.2 Å². The number of aromatic carboxylic acids is 1. The summed E-state index contributed by atoms with van der Waals surface area (Å²) in [6.45, 7) is 4.08. The molecule has 0 unspecified atom stereocenters. The van der Waals surface area contributed by atoms with Crippen molar-refractivity contribution >= 4 is 11.7 Å². The van der Waals surface area contributed by atoms with Crippen LogP contribution in [0.5, 0.6) is 5.75 Å². The van der Waals surface area contributed by atoms with Crippen LogP contribution >= 0.6 is 0 Å². The molecule has 0 spiro atoms. The summed E-state index contributed by atoms with van der Waals surface area (Å²) in [7, 11) is 1.76. The third-order valence-corrected chi connectivity index (χ3v) is 3.82. The summed E-state index contributed by atoms with van der Waals surface area (Å²) >= 11 is 0. The second-order valence-corrected chi connectivity index (χ2v) is 5.60. The molecule has 0 aliphatic heterocycles. The maximum absolute atomic E-state index is 14.1. The van der Waals surface area contributed by atoms with Gasteiger partial charge in [0.1, 0.15) is 11.6 Å². The van der Waals surface area contributed by atoms with Crippen molar-refractivity contribution in [1.29, 1.82) is 0 Å². The topological polar surface area (TPSA) is 60.8 Å². The van der Waals surface area contributed by atoms with Gasteiger partial charge in [-0.05, 0) is 42.2 Å². The van der Waals surface area contributed by atoms with Crippen LogP contribution < -0.4 is 4.90 Å². The molecular weight excluding hydrogens is 297 g/mol. The molecule has 0 aliphatic rings. The summed E-state index contributed by atoms with van der Waals surface area (Å²) in [5.74, 6) is -1.53. The highest BCUT2D eigenvalue weighted by molar-refractivity contribution is 5.89. The molecule has 2 aromatic rings. The Balaban J connectivity index is 2.31. The van der Waals surface area contributed by atoms with Gasteiger partial charge in [-0.25, -0.2) is 9.18 Å². The summed E-state index contributed by atoms with van der Waals surface area (Å²) in [4.78, 5) is 12.9. The Morgan fingerprint density at radius 2 is 1.96 bits per heavy atom. The van der Waals surface area contributed by atoms with Gasteiger partial charge >= 0.3 is 5.97 Å². The Morgan fingerprint density at radius 1 is 1.26 bits per heavy atom. The molecule has 0 fully saturated rings. The average molecular weight is 317 g/mol. The quantitative estimate of drug-likeness (QED) is 0.882. The van der Waals surface area contributed by atoms with Gasteiger partial charge < -0.3 is 15.1 Å². The van der Waals surface area contributed by atoms with Crippen LogP contribution in [0.1, 0.15) is 34.0 Å². The van der Waals surface area contributed by atoms with E-state index in [1.54, 1.807) is 31.0 Å². The molecule has 5 heteroatoms. The van der Waals surface area contributed by atoms with E-state index in [0.717, 1.165) is 17.2 Å². The van der Waals surface area contributed by atoms with Crippen LogP contribution in [0.4, 0.5) is 10.1 Å². The van der Waals surface area contributed by atoms with Gasteiger partial charge in [0.2, 0.25) is 0 Å². The van der Waals surface area contributed by atoms with E-state index in [9.17, 15) is 14.3 Å². The number of aryl methyl sites for hydroxylation is 2. The Hall–Kier alpha value is -2.56. The molecule has 2 aromatic carbocycles. The minimum absolute atomic E-state index is 0.101. The number of phenols is 1. The summed E-state index contributed by atoms with van der Waals surface area (Å²) in [5.41, 5.74) is 3.02. The smallest absolute Gasteiger partial charge is 0.335 e. The van der Waals surface area contributed by atoms with Crippen LogP contribution in [0.15, 0.2) is 30.3 Å². The maximum Gasteiger partial charge on any atom is 0.335 e. The van der Waals surface area contributed by atoms with Gasteiger partial charge in [0, 0.05) is 19.7 Å². The number of aromatic hydroxyl groups is 1. The Labute approximate surface area is 134 Å². The van der Waals surface area contributed by atoms with E-state index in [-0.39, 0.29) is 5.75 Å². The fraction of sp³-hybridized carbons (Fsp3) is 0.278. The number of benzene rings is 2. The Bertz CT molecular complexity index is 720. The van der Waals surface area contributed by atoms with E-state index in [4.69, 9.17) is 5.11 Å². The minimum Gasteiger partial charge on any atom is -0.508 e. The zero-order chi connectivity index (χ0) is 17.1. The number of hydrogen-bond acceptors (Lipinski definition) is 3. The van der Waals surface area contributed by atoms with Crippen molar-refractivity contribution in [2.75, 3.05) is 11.9 Å². The number of carbonyl (C=O) groups is 1. The molecule has 0 saturated carbocycles. The van der Waals surface area contributed by atoms with E-state index in [1.165, 1.54) is 6.07 Å². The number of halogens is 1. The van der Waals surface area contributed by atoms with Crippen LogP contribution in [0, 0.1) is 12.7 Å². The normalized spacial score (nSPS) is 10.6. The fourth-order valence-corrected chi connectivity index (χ4v) is 2.80. The van der Waals surface area contributed by atoms with E-state index in [1.807, 2.05) is 13.0 Å². The van der Waals surface area contributed by atoms with Crippen molar-refractivity contribution in [2.45, 2.75) is 26.8 Å². The predicted octanol–water partition coefficient (Wildman–Crippen LogP) is 3.74. The van der Waals surface area contributed by atoms with Crippen molar-refractivity contribution in [3.63, 3.8) is 0 Å². The molecule has 0 saturated heterocycles. The Morgan fingerprint density at radius 3 is 2.52 bits per heavy atom. The molecule has 0 amide bonds. The van der Waals surface area contributed by atoms with E-state index in [2.05, 4.69) is 0 Å². The van der Waals surface area contributed by atoms with Crippen molar-refractivity contribution in [1.82, 2.24) is 0 Å². The van der Waals surface area contributed by atoms with E-state index in [0.29, 0.717) is 29.8 Å². The highest BCUT2D eigenvalue weighted by Gasteiger charge is 2.14. The average Bonchev–Trinajstić information content (AvgIpc) is 2.45. The lowest BCUT2D eigenvalue weighted by atomic mass is 10.0. The molecule has 0 atom stereocenters. The summed E-state index contributed by atoms with van der Waals surface area (Å²) < 4.78 is 14.1. The SMILES string of the molecule is CCc1cc(CN(C)c2c(C)cc(O)cc2F)ccc1C(=O)O. The first-order valence-corrected chi connectivity index (χ1v) is 7.38. The lowest BCUT2D eigenvalue weighted by molar-refractivity contribution is 0.0695. The highest BCUT2D eigenvalue weighted by atomic mass is 19.1. The molecular formula is C18H20FNO3. The number of nitrogens with zero attached hydrogens (tertiary/aromatic N) is 1. The van der Waals surface area contributed by atoms with Crippen molar-refractivity contribution in [2.24, 2.45) is 0 Å². The van der Waals surface area contributed by atoms with Crippen molar-refractivity contribution in [3.8, 4) is 5.75 Å². The predicted molar refractivity (Wildman–Crippen MR) is 87.7 cm³/mol. The van der Waals surface area contributed by atoms with Gasteiger partial charge in [-0.3, -0.25) is 0 Å². The van der Waals surface area contributed by atoms with E-state index < -0.39 is 11.8 Å². The van der Waals surface area contributed by atoms with Gasteiger partial charge in [-0.2, -0.15) is 0 Å². The Kier molecular flexibility index (Phi) is 4.89. The molecule has 2 N–H and O–H groups in total. The zero-order valence-corrected chi connectivity index (χ0v) is 13.4. The number of anilines is 1. The number of phenolic OH excluding ortho intramolecular Hbond substituents is 1. The molecule has 0 radical (unpaired) electrons. The van der Waals surface area contributed by atoms with Gasteiger partial charge in [0.25, 0.3) is 0 Å². The molecule has 122 valence electrons. The maximum atomic E-state index is 14.1. The lowest BCUT2D eigenvalue weighted by Gasteiger charge is -2.23. The van der Waals surface area contributed by atoms with Crippen LogP contribution in [0.3, 0.4) is 0 Å². The molecule has 0 bridgehead atoms. The third kappa shape index (κ3) is 3.62. The standard InChI is InChI=1S/C18H20FNO3/c1-4-13-8-12(5-6-15(13)18(22)23)10-20(3)17-11(2)7-14(21)9-16(17)19/h5-9,21H,4,10H2,1-3H3,(H,22,23). The zero-order valence-electron chi connectivity index (χ0n) is 13.4. The first kappa shape index (κ1) is 16.8. The molecule has 2 rings (SSSR count). The fourth-order valence-electron chi connectivity index (χ4n) is 2.80. The van der Waals surface area contributed by atoms with Gasteiger partial charge in [-0.15, -0.1) is 0 Å². The van der Waals surface area contributed by atoms with Crippen molar-refractivity contribution < 1.29 is 19.4 Å². The van der Waals surface area contributed by atoms with Gasteiger partial charge in [0.15, 0.2) is 0 Å². The molecule has 0 aromatic heterocycles. The van der Waals surface area contributed by atoms with Crippen molar-refractivity contribution in [3.05, 3.63) is 58.4 Å². The largest absolute Gasteiger partial charge is 0.508 e. The third-order valence-electron chi connectivity index (χ3n) is 3.82. The molecule has 4 nitrogen and oxygen atoms in total. The molecule has 0 heterocycles. The molecule has 0 aliphatic carbocycles. The number of hydrogen-bond donors (Lipinski definition) is 2. The van der Waals surface area contributed by atoms with Gasteiger partial charge in [0.05, 0.1) is 11.3 Å². The van der Waals surface area contributed by atoms with Gasteiger partial charge in [-0.1, -0.05) is 19.1 Å². The second-order valence-electron chi connectivity index (χ2n) is 5.60. The summed E-state index contributed by atoms with van der Waals surface area (Å²) in [6.07, 6.45) is 0.617. The van der Waals surface area contributed by atoms with Crippen LogP contribution in [0.25, 0.3) is 0 Å². The number of rotatable bonds is 5. The second kappa shape index (κ2) is 6.69. The van der Waals surface area contributed by atoms with E-state index >= 15 is 0 Å².